The smallest absolute Gasteiger partial charge is 0.293 e. The van der Waals surface area contributed by atoms with Crippen LogP contribution in [0.1, 0.15) is 22.5 Å². The number of pyridine rings is 1. The van der Waals surface area contributed by atoms with E-state index in [-0.39, 0.29) is 17.2 Å². The Kier molecular flexibility index (Phi) is 4.72. The van der Waals surface area contributed by atoms with Gasteiger partial charge in [0, 0.05) is 30.1 Å². The van der Waals surface area contributed by atoms with E-state index in [0.717, 1.165) is 29.9 Å². The fourth-order valence-electron chi connectivity index (χ4n) is 3.36. The minimum Gasteiger partial charge on any atom is -0.350 e. The molecule has 0 unspecified atom stereocenters. The van der Waals surface area contributed by atoms with Gasteiger partial charge in [0.25, 0.3) is 11.6 Å². The molecule has 0 spiro atoms. The quantitative estimate of drug-likeness (QED) is 0.542. The molecule has 0 aliphatic carbocycles. The summed E-state index contributed by atoms with van der Waals surface area (Å²) in [5.41, 5.74) is 2.86. The van der Waals surface area contributed by atoms with Crippen molar-refractivity contribution in [1.29, 1.82) is 0 Å². The van der Waals surface area contributed by atoms with Gasteiger partial charge in [0.1, 0.15) is 5.69 Å². The van der Waals surface area contributed by atoms with Gasteiger partial charge in [-0.2, -0.15) is 0 Å². The number of nitro benzene ring substituents is 1. The number of carbonyl (C=O) groups excluding carboxylic acids is 1. The predicted molar refractivity (Wildman–Crippen MR) is 107 cm³/mol. The predicted octanol–water partition coefficient (Wildman–Crippen LogP) is 4.33. The highest BCUT2D eigenvalue weighted by Crippen LogP contribution is 2.31. The normalized spacial score (nSPS) is 12.9. The summed E-state index contributed by atoms with van der Waals surface area (Å²) in [6, 6.07) is 17.4. The number of para-hydroxylation sites is 1. The monoisotopic (exact) mass is 374 g/mol. The lowest BCUT2D eigenvalue weighted by molar-refractivity contribution is -0.383. The molecule has 0 atom stereocenters. The third-order valence-corrected chi connectivity index (χ3v) is 4.69. The van der Waals surface area contributed by atoms with Crippen LogP contribution in [0.5, 0.6) is 0 Å². The lowest BCUT2D eigenvalue weighted by Gasteiger charge is -2.28. The Balaban J connectivity index is 1.67. The first kappa shape index (κ1) is 17.7. The van der Waals surface area contributed by atoms with E-state index in [1.807, 2.05) is 36.4 Å². The van der Waals surface area contributed by atoms with Gasteiger partial charge in [-0.1, -0.05) is 18.2 Å². The number of fused-ring (bicyclic) bond motifs is 1. The number of amides is 1. The second-order valence-corrected chi connectivity index (χ2v) is 6.51. The Morgan fingerprint density at radius 2 is 1.93 bits per heavy atom. The van der Waals surface area contributed by atoms with Crippen LogP contribution < -0.4 is 10.2 Å². The van der Waals surface area contributed by atoms with Crippen molar-refractivity contribution in [3.63, 3.8) is 0 Å². The number of hydrogen-bond acceptors (Lipinski definition) is 5. The number of carbonyl (C=O) groups is 1. The van der Waals surface area contributed by atoms with Crippen LogP contribution in [0.15, 0.2) is 66.9 Å². The number of benzene rings is 2. The van der Waals surface area contributed by atoms with Gasteiger partial charge >= 0.3 is 0 Å². The number of rotatable bonds is 4. The molecule has 4 rings (SSSR count). The van der Waals surface area contributed by atoms with Gasteiger partial charge < -0.3 is 10.2 Å². The first-order valence-electron chi connectivity index (χ1n) is 9.00. The summed E-state index contributed by atoms with van der Waals surface area (Å²) >= 11 is 0. The third-order valence-electron chi connectivity index (χ3n) is 4.69. The zero-order chi connectivity index (χ0) is 19.5. The van der Waals surface area contributed by atoms with E-state index in [0.29, 0.717) is 12.2 Å². The fraction of sp³-hybridized carbons (Fsp3) is 0.143. The molecule has 1 N–H and O–H groups in total. The van der Waals surface area contributed by atoms with E-state index >= 15 is 0 Å². The van der Waals surface area contributed by atoms with E-state index in [1.54, 1.807) is 29.3 Å². The van der Waals surface area contributed by atoms with Crippen LogP contribution in [-0.2, 0) is 6.42 Å². The minimum absolute atomic E-state index is 0.141. The van der Waals surface area contributed by atoms with Crippen molar-refractivity contribution in [2.24, 2.45) is 0 Å². The maximum atomic E-state index is 13.1. The number of aryl methyl sites for hydroxylation is 1. The molecule has 28 heavy (non-hydrogen) atoms. The molecule has 0 bridgehead atoms. The number of anilines is 3. The van der Waals surface area contributed by atoms with Gasteiger partial charge in [0.15, 0.2) is 0 Å². The average Bonchev–Trinajstić information content (AvgIpc) is 2.73. The first-order valence-corrected chi connectivity index (χ1v) is 9.00. The molecule has 0 fully saturated rings. The van der Waals surface area contributed by atoms with Crippen molar-refractivity contribution in [2.75, 3.05) is 16.8 Å². The summed E-state index contributed by atoms with van der Waals surface area (Å²) in [5, 5.41) is 14.6. The van der Waals surface area contributed by atoms with Crippen LogP contribution in [0, 0.1) is 10.1 Å². The average molecular weight is 374 g/mol. The van der Waals surface area contributed by atoms with Crippen molar-refractivity contribution >= 4 is 28.7 Å². The van der Waals surface area contributed by atoms with E-state index in [9.17, 15) is 14.9 Å². The molecule has 0 saturated heterocycles. The van der Waals surface area contributed by atoms with Gasteiger partial charge in [0.05, 0.1) is 16.3 Å². The van der Waals surface area contributed by atoms with E-state index < -0.39 is 4.92 Å². The summed E-state index contributed by atoms with van der Waals surface area (Å²) in [6.07, 6.45) is 3.34. The molecular weight excluding hydrogens is 356 g/mol. The van der Waals surface area contributed by atoms with Crippen molar-refractivity contribution in [2.45, 2.75) is 12.8 Å². The molecule has 140 valence electrons. The topological polar surface area (TPSA) is 88.4 Å². The second kappa shape index (κ2) is 7.48. The zero-order valence-electron chi connectivity index (χ0n) is 15.0. The molecule has 7 heteroatoms. The van der Waals surface area contributed by atoms with Crippen molar-refractivity contribution < 1.29 is 9.72 Å². The minimum atomic E-state index is -0.478. The van der Waals surface area contributed by atoms with Crippen LogP contribution in [0.2, 0.25) is 0 Å². The van der Waals surface area contributed by atoms with Crippen molar-refractivity contribution in [3.8, 4) is 0 Å². The summed E-state index contributed by atoms with van der Waals surface area (Å²) in [4.78, 5) is 30.2. The number of aromatic nitrogens is 1. The third kappa shape index (κ3) is 3.42. The fourth-order valence-corrected chi connectivity index (χ4v) is 3.36. The summed E-state index contributed by atoms with van der Waals surface area (Å²) in [6.45, 7) is 0.565. The molecule has 1 aromatic heterocycles. The molecule has 2 heterocycles. The molecule has 0 radical (unpaired) electrons. The molecule has 1 aliphatic heterocycles. The highest BCUT2D eigenvalue weighted by molar-refractivity contribution is 6.07. The Hall–Kier alpha value is -3.74. The highest BCUT2D eigenvalue weighted by atomic mass is 16.6. The van der Waals surface area contributed by atoms with Crippen LogP contribution in [0.4, 0.5) is 22.7 Å². The summed E-state index contributed by atoms with van der Waals surface area (Å²) in [7, 11) is 0. The Morgan fingerprint density at radius 3 is 2.71 bits per heavy atom. The Morgan fingerprint density at radius 1 is 1.11 bits per heavy atom. The van der Waals surface area contributed by atoms with Crippen LogP contribution >= 0.6 is 0 Å². The van der Waals surface area contributed by atoms with Crippen LogP contribution in [0.25, 0.3) is 0 Å². The molecule has 1 amide bonds. The maximum Gasteiger partial charge on any atom is 0.293 e. The molecule has 2 aromatic carbocycles. The Bertz CT molecular complexity index is 1040. The van der Waals surface area contributed by atoms with E-state index in [4.69, 9.17) is 0 Å². The van der Waals surface area contributed by atoms with E-state index in [1.165, 1.54) is 6.07 Å². The molecular formula is C21H18N4O3. The largest absolute Gasteiger partial charge is 0.350 e. The number of hydrogen-bond donors (Lipinski definition) is 1. The lowest BCUT2D eigenvalue weighted by atomic mass is 10.1. The standard InChI is InChI=1S/C21H18N4O3/c26-21(24-13-5-8-17-19(24)9-4-12-22-17)15-10-11-18(20(14-15)25(27)28)23-16-6-2-1-3-7-16/h1-4,6-7,9-12,14,23H,5,8,13H2. The number of nitrogens with one attached hydrogen (secondary N) is 1. The first-order chi connectivity index (χ1) is 13.6. The SMILES string of the molecule is O=C(c1ccc(Nc2ccccc2)c([N+](=O)[O-])c1)N1CCCc2ncccc21. The van der Waals surface area contributed by atoms with Crippen LogP contribution in [0.3, 0.4) is 0 Å². The van der Waals surface area contributed by atoms with Gasteiger partial charge in [-0.25, -0.2) is 0 Å². The summed E-state index contributed by atoms with van der Waals surface area (Å²) in [5.74, 6) is -0.261. The van der Waals surface area contributed by atoms with Crippen molar-refractivity contribution in [3.05, 3.63) is 88.2 Å². The molecule has 0 saturated carbocycles. The molecule has 3 aromatic rings. The number of nitro groups is 1. The van der Waals surface area contributed by atoms with E-state index in [2.05, 4.69) is 10.3 Å². The van der Waals surface area contributed by atoms with Gasteiger partial charge in [-0.05, 0) is 49.2 Å². The highest BCUT2D eigenvalue weighted by Gasteiger charge is 2.26. The molecule has 7 nitrogen and oxygen atoms in total. The number of nitrogens with zero attached hydrogens (tertiary/aromatic N) is 3. The van der Waals surface area contributed by atoms with Gasteiger partial charge in [0.2, 0.25) is 0 Å². The maximum absolute atomic E-state index is 13.1. The van der Waals surface area contributed by atoms with Crippen LogP contribution in [-0.4, -0.2) is 22.4 Å². The van der Waals surface area contributed by atoms with Gasteiger partial charge in [-0.15, -0.1) is 0 Å². The van der Waals surface area contributed by atoms with Gasteiger partial charge in [-0.3, -0.25) is 19.9 Å². The Labute approximate surface area is 161 Å². The molecule has 1 aliphatic rings. The zero-order valence-corrected chi connectivity index (χ0v) is 15.0. The second-order valence-electron chi connectivity index (χ2n) is 6.51. The summed E-state index contributed by atoms with van der Waals surface area (Å²) < 4.78 is 0. The van der Waals surface area contributed by atoms with Crippen molar-refractivity contribution in [1.82, 2.24) is 4.98 Å². The lowest BCUT2D eigenvalue weighted by Crippen LogP contribution is -2.35.